The molecule has 0 amide bonds. The van der Waals surface area contributed by atoms with Crippen molar-refractivity contribution in [3.05, 3.63) is 0 Å². The molecule has 0 aliphatic carbocycles. The molecule has 3 nitrogen and oxygen atoms in total. The average Bonchev–Trinajstić information content (AvgIpc) is 2.36. The van der Waals surface area contributed by atoms with Crippen molar-refractivity contribution >= 4 is 0 Å². The van der Waals surface area contributed by atoms with Gasteiger partial charge in [-0.3, -0.25) is 0 Å². The Morgan fingerprint density at radius 3 is 1.53 bits per heavy atom. The van der Waals surface area contributed by atoms with Gasteiger partial charge in [-0.2, -0.15) is 0 Å². The quantitative estimate of drug-likeness (QED) is 0.478. The van der Waals surface area contributed by atoms with Gasteiger partial charge in [0, 0.05) is 0 Å². The fourth-order valence-electron chi connectivity index (χ4n) is 2.51. The molecule has 19 heavy (non-hydrogen) atoms. The Labute approximate surface area is 119 Å². The zero-order chi connectivity index (χ0) is 14.7. The highest BCUT2D eigenvalue weighted by molar-refractivity contribution is 4.93. The highest BCUT2D eigenvalue weighted by Gasteiger charge is 2.35. The lowest BCUT2D eigenvalue weighted by Crippen LogP contribution is -2.57. The molecule has 0 saturated heterocycles. The largest absolute Gasteiger partial charge is 0.391 e. The SMILES string of the molecule is CCCCCCCCCCCC(N)(C(C)O)C(C)O. The standard InChI is InChI=1S/C16H35NO2/c1-4-5-6-7-8-9-10-11-12-13-16(17,14(2)18)15(3)19/h14-15,18-19H,4-13,17H2,1-3H3. The lowest BCUT2D eigenvalue weighted by Gasteiger charge is -2.35. The van der Waals surface area contributed by atoms with Gasteiger partial charge in [-0.15, -0.1) is 0 Å². The van der Waals surface area contributed by atoms with Crippen LogP contribution in [0.3, 0.4) is 0 Å². The summed E-state index contributed by atoms with van der Waals surface area (Å²) in [5.41, 5.74) is 5.23. The molecule has 0 fully saturated rings. The molecule has 2 atom stereocenters. The summed E-state index contributed by atoms with van der Waals surface area (Å²) < 4.78 is 0. The molecule has 3 heteroatoms. The first kappa shape index (κ1) is 18.9. The van der Waals surface area contributed by atoms with Gasteiger partial charge in [0.2, 0.25) is 0 Å². The molecule has 0 saturated carbocycles. The van der Waals surface area contributed by atoms with E-state index >= 15 is 0 Å². The molecular formula is C16H35NO2. The molecule has 0 radical (unpaired) electrons. The van der Waals surface area contributed by atoms with E-state index in [1.807, 2.05) is 0 Å². The van der Waals surface area contributed by atoms with Gasteiger partial charge in [0.15, 0.2) is 0 Å². The van der Waals surface area contributed by atoms with Crippen molar-refractivity contribution in [2.45, 2.75) is 103 Å². The van der Waals surface area contributed by atoms with Crippen LogP contribution in [-0.4, -0.2) is 28.0 Å². The lowest BCUT2D eigenvalue weighted by atomic mass is 9.83. The Bertz CT molecular complexity index is 197. The molecule has 0 aliphatic heterocycles. The highest BCUT2D eigenvalue weighted by Crippen LogP contribution is 2.21. The molecule has 0 aromatic rings. The van der Waals surface area contributed by atoms with Crippen LogP contribution in [0.15, 0.2) is 0 Å². The van der Waals surface area contributed by atoms with Crippen LogP contribution in [0.25, 0.3) is 0 Å². The Kier molecular flexibility index (Phi) is 10.6. The monoisotopic (exact) mass is 273 g/mol. The van der Waals surface area contributed by atoms with E-state index < -0.39 is 17.7 Å². The molecule has 0 rings (SSSR count). The van der Waals surface area contributed by atoms with Crippen LogP contribution >= 0.6 is 0 Å². The van der Waals surface area contributed by atoms with E-state index in [1.54, 1.807) is 13.8 Å². The van der Waals surface area contributed by atoms with Gasteiger partial charge in [0.25, 0.3) is 0 Å². The van der Waals surface area contributed by atoms with Gasteiger partial charge in [-0.05, 0) is 20.3 Å². The Balaban J connectivity index is 3.57. The van der Waals surface area contributed by atoms with Gasteiger partial charge >= 0.3 is 0 Å². The van der Waals surface area contributed by atoms with E-state index in [0.29, 0.717) is 6.42 Å². The molecule has 0 bridgehead atoms. The third kappa shape index (κ3) is 7.91. The van der Waals surface area contributed by atoms with Crippen LogP contribution < -0.4 is 5.73 Å². The highest BCUT2D eigenvalue weighted by atomic mass is 16.3. The minimum atomic E-state index is -0.846. The van der Waals surface area contributed by atoms with Crippen LogP contribution in [-0.2, 0) is 0 Å². The van der Waals surface area contributed by atoms with Crippen molar-refractivity contribution in [1.29, 1.82) is 0 Å². The fourth-order valence-corrected chi connectivity index (χ4v) is 2.51. The van der Waals surface area contributed by atoms with Crippen LogP contribution in [0.1, 0.15) is 85.0 Å². The topological polar surface area (TPSA) is 66.5 Å². The molecular weight excluding hydrogens is 238 g/mol. The number of rotatable bonds is 12. The first-order valence-electron chi connectivity index (χ1n) is 8.10. The molecule has 0 aliphatic rings. The van der Waals surface area contributed by atoms with Crippen molar-refractivity contribution in [1.82, 2.24) is 0 Å². The van der Waals surface area contributed by atoms with Crippen LogP contribution in [0, 0.1) is 0 Å². The zero-order valence-electron chi connectivity index (χ0n) is 13.2. The summed E-state index contributed by atoms with van der Waals surface area (Å²) >= 11 is 0. The smallest absolute Gasteiger partial charge is 0.0716 e. The maximum atomic E-state index is 9.68. The maximum Gasteiger partial charge on any atom is 0.0716 e. The van der Waals surface area contributed by atoms with E-state index in [4.69, 9.17) is 5.73 Å². The van der Waals surface area contributed by atoms with Crippen LogP contribution in [0.2, 0.25) is 0 Å². The van der Waals surface area contributed by atoms with Crippen molar-refractivity contribution in [3.63, 3.8) is 0 Å². The number of aliphatic hydroxyl groups excluding tert-OH is 2. The second-order valence-corrected chi connectivity index (χ2v) is 6.04. The van der Waals surface area contributed by atoms with Gasteiger partial charge in [0.05, 0.1) is 17.7 Å². The molecule has 2 unspecified atom stereocenters. The zero-order valence-corrected chi connectivity index (χ0v) is 13.2. The van der Waals surface area contributed by atoms with Crippen molar-refractivity contribution in [2.75, 3.05) is 0 Å². The normalized spacial score (nSPS) is 18.0. The maximum absolute atomic E-state index is 9.68. The molecule has 0 aromatic carbocycles. The molecule has 0 heterocycles. The third-order valence-electron chi connectivity index (χ3n) is 4.27. The Hall–Kier alpha value is -0.120. The number of hydrogen-bond acceptors (Lipinski definition) is 3. The molecule has 0 spiro atoms. The van der Waals surface area contributed by atoms with E-state index in [1.165, 1.54) is 44.9 Å². The van der Waals surface area contributed by atoms with E-state index in [-0.39, 0.29) is 0 Å². The van der Waals surface area contributed by atoms with E-state index in [0.717, 1.165) is 12.8 Å². The fraction of sp³-hybridized carbons (Fsp3) is 1.00. The van der Waals surface area contributed by atoms with Crippen molar-refractivity contribution in [3.8, 4) is 0 Å². The van der Waals surface area contributed by atoms with Gasteiger partial charge in [-0.25, -0.2) is 0 Å². The summed E-state index contributed by atoms with van der Waals surface area (Å²) in [5.74, 6) is 0. The number of hydrogen-bond donors (Lipinski definition) is 3. The van der Waals surface area contributed by atoms with Crippen molar-refractivity contribution < 1.29 is 10.2 Å². The molecule has 116 valence electrons. The summed E-state index contributed by atoms with van der Waals surface area (Å²) in [5, 5.41) is 19.4. The predicted octanol–water partition coefficient (Wildman–Crippen LogP) is 3.37. The van der Waals surface area contributed by atoms with E-state index in [2.05, 4.69) is 6.92 Å². The van der Waals surface area contributed by atoms with Crippen LogP contribution in [0.5, 0.6) is 0 Å². The lowest BCUT2D eigenvalue weighted by molar-refractivity contribution is 0.00127. The molecule has 4 N–H and O–H groups in total. The summed E-state index contributed by atoms with van der Waals surface area (Å²) in [6.45, 7) is 5.57. The van der Waals surface area contributed by atoms with Gasteiger partial charge < -0.3 is 15.9 Å². The van der Waals surface area contributed by atoms with Gasteiger partial charge in [0.1, 0.15) is 0 Å². The van der Waals surface area contributed by atoms with Crippen LogP contribution in [0.4, 0.5) is 0 Å². The average molecular weight is 273 g/mol. The van der Waals surface area contributed by atoms with Crippen molar-refractivity contribution in [2.24, 2.45) is 5.73 Å². The predicted molar refractivity (Wildman–Crippen MR) is 82.1 cm³/mol. The summed E-state index contributed by atoms with van der Waals surface area (Å²) in [6.07, 6.45) is 10.7. The van der Waals surface area contributed by atoms with E-state index in [9.17, 15) is 10.2 Å². The second-order valence-electron chi connectivity index (χ2n) is 6.04. The molecule has 0 aromatic heterocycles. The minimum absolute atomic E-state index is 0.665. The first-order chi connectivity index (χ1) is 8.95. The number of aliphatic hydroxyl groups is 2. The number of unbranched alkanes of at least 4 members (excludes halogenated alkanes) is 8. The summed E-state index contributed by atoms with van der Waals surface area (Å²) in [4.78, 5) is 0. The summed E-state index contributed by atoms with van der Waals surface area (Å²) in [7, 11) is 0. The van der Waals surface area contributed by atoms with Gasteiger partial charge in [-0.1, -0.05) is 64.7 Å². The first-order valence-corrected chi connectivity index (χ1v) is 8.10. The third-order valence-corrected chi connectivity index (χ3v) is 4.27. The number of nitrogens with two attached hydrogens (primary N) is 1. The Morgan fingerprint density at radius 1 is 0.789 bits per heavy atom. The summed E-state index contributed by atoms with van der Waals surface area (Å²) in [6, 6.07) is 0. The second kappa shape index (κ2) is 10.6. The Morgan fingerprint density at radius 2 is 1.16 bits per heavy atom. The minimum Gasteiger partial charge on any atom is -0.391 e.